The first-order valence-corrected chi connectivity index (χ1v) is 9.07. The molecule has 2 rings (SSSR count). The molecule has 0 unspecified atom stereocenters. The Hall–Kier alpha value is -2.34. The summed E-state index contributed by atoms with van der Waals surface area (Å²) >= 11 is 0. The molecule has 0 aliphatic heterocycles. The number of amides is 1. The third-order valence-electron chi connectivity index (χ3n) is 3.95. The van der Waals surface area contributed by atoms with Crippen molar-refractivity contribution in [2.75, 3.05) is 17.9 Å². The summed E-state index contributed by atoms with van der Waals surface area (Å²) in [4.78, 5) is 12.0. The molecule has 0 aromatic heterocycles. The van der Waals surface area contributed by atoms with Gasteiger partial charge in [0.2, 0.25) is 5.91 Å². The molecule has 6 heteroatoms. The smallest absolute Gasteiger partial charge is 0.264 e. The van der Waals surface area contributed by atoms with Gasteiger partial charge in [0.15, 0.2) is 0 Å². The molecular weight excluding hydrogens is 324 g/mol. The lowest BCUT2D eigenvalue weighted by Crippen LogP contribution is -2.39. The van der Waals surface area contributed by atoms with E-state index in [9.17, 15) is 13.2 Å². The van der Waals surface area contributed by atoms with Gasteiger partial charge >= 0.3 is 0 Å². The fraction of sp³-hybridized carbons (Fsp3) is 0.278. The second-order valence-electron chi connectivity index (χ2n) is 5.77. The van der Waals surface area contributed by atoms with Crippen LogP contribution in [0.15, 0.2) is 47.4 Å². The summed E-state index contributed by atoms with van der Waals surface area (Å²) in [7, 11) is -2.35. The number of carbonyl (C=O) groups excluding carboxylic acids is 1. The van der Waals surface area contributed by atoms with Crippen LogP contribution in [0.5, 0.6) is 0 Å². The normalized spacial score (nSPS) is 11.2. The Morgan fingerprint density at radius 2 is 1.62 bits per heavy atom. The minimum Gasteiger partial charge on any atom is -0.358 e. The molecule has 0 aliphatic carbocycles. The van der Waals surface area contributed by atoms with Gasteiger partial charge in [-0.2, -0.15) is 0 Å². The van der Waals surface area contributed by atoms with E-state index in [2.05, 4.69) is 5.32 Å². The lowest BCUT2D eigenvalue weighted by molar-refractivity contribution is -0.119. The Bertz CT molecular complexity index is 843. The summed E-state index contributed by atoms with van der Waals surface area (Å²) in [6.07, 6.45) is 0. The first-order valence-electron chi connectivity index (χ1n) is 7.63. The molecule has 128 valence electrons. The van der Waals surface area contributed by atoms with Crippen LogP contribution in [-0.4, -0.2) is 27.9 Å². The Kier molecular flexibility index (Phi) is 5.29. The highest BCUT2D eigenvalue weighted by atomic mass is 32.2. The Morgan fingerprint density at radius 1 is 1.00 bits per heavy atom. The highest BCUT2D eigenvalue weighted by molar-refractivity contribution is 7.92. The number of nitrogens with zero attached hydrogens (tertiary/aromatic N) is 1. The number of benzene rings is 2. The summed E-state index contributed by atoms with van der Waals surface area (Å²) in [5.41, 5.74) is 3.47. The summed E-state index contributed by atoms with van der Waals surface area (Å²) in [6, 6.07) is 12.0. The van der Waals surface area contributed by atoms with Crippen LogP contribution in [0.3, 0.4) is 0 Å². The zero-order chi connectivity index (χ0) is 17.9. The average molecular weight is 346 g/mol. The van der Waals surface area contributed by atoms with Crippen molar-refractivity contribution >= 4 is 21.6 Å². The van der Waals surface area contributed by atoms with Crippen LogP contribution in [0, 0.1) is 20.8 Å². The number of anilines is 1. The first-order chi connectivity index (χ1) is 11.3. The number of rotatable bonds is 5. The molecule has 2 aromatic rings. The van der Waals surface area contributed by atoms with Crippen molar-refractivity contribution in [3.63, 3.8) is 0 Å². The molecule has 0 bridgehead atoms. The zero-order valence-corrected chi connectivity index (χ0v) is 15.1. The van der Waals surface area contributed by atoms with Gasteiger partial charge in [0, 0.05) is 7.05 Å². The van der Waals surface area contributed by atoms with Crippen molar-refractivity contribution in [1.82, 2.24) is 5.32 Å². The van der Waals surface area contributed by atoms with Gasteiger partial charge in [-0.3, -0.25) is 9.10 Å². The van der Waals surface area contributed by atoms with Gasteiger partial charge in [-0.25, -0.2) is 8.42 Å². The Labute approximate surface area is 143 Å². The summed E-state index contributed by atoms with van der Waals surface area (Å²) in [6.45, 7) is 5.49. The second kappa shape index (κ2) is 7.05. The molecule has 0 spiro atoms. The molecule has 1 amide bonds. The van der Waals surface area contributed by atoms with Gasteiger partial charge in [0.1, 0.15) is 6.54 Å². The molecule has 24 heavy (non-hydrogen) atoms. The van der Waals surface area contributed by atoms with Crippen LogP contribution in [-0.2, 0) is 14.8 Å². The first kappa shape index (κ1) is 18.0. The minimum atomic E-state index is -3.83. The van der Waals surface area contributed by atoms with Crippen LogP contribution >= 0.6 is 0 Å². The van der Waals surface area contributed by atoms with Crippen molar-refractivity contribution < 1.29 is 13.2 Å². The zero-order valence-electron chi connectivity index (χ0n) is 14.3. The van der Waals surface area contributed by atoms with Gasteiger partial charge < -0.3 is 5.32 Å². The maximum absolute atomic E-state index is 13.0. The van der Waals surface area contributed by atoms with Crippen LogP contribution < -0.4 is 9.62 Å². The third kappa shape index (κ3) is 3.76. The Balaban J connectivity index is 2.54. The molecule has 0 saturated heterocycles. The number of aryl methyl sites for hydroxylation is 3. The highest BCUT2D eigenvalue weighted by Crippen LogP contribution is 2.25. The van der Waals surface area contributed by atoms with Crippen LogP contribution in [0.25, 0.3) is 0 Å². The van der Waals surface area contributed by atoms with E-state index in [0.29, 0.717) is 5.69 Å². The van der Waals surface area contributed by atoms with Gasteiger partial charge in [0.25, 0.3) is 10.0 Å². The topological polar surface area (TPSA) is 66.5 Å². The van der Waals surface area contributed by atoms with E-state index in [1.165, 1.54) is 7.05 Å². The fourth-order valence-corrected chi connectivity index (χ4v) is 3.66. The SMILES string of the molecule is CNC(=O)CN(c1ccc(C)c(C)c1)S(=O)(=O)c1ccc(C)cc1. The molecular formula is C18H22N2O3S. The van der Waals surface area contributed by atoms with E-state index in [-0.39, 0.29) is 17.3 Å². The minimum absolute atomic E-state index is 0.162. The predicted octanol–water partition coefficient (Wildman–Crippen LogP) is 2.55. The molecule has 0 atom stereocenters. The Morgan fingerprint density at radius 3 is 2.17 bits per heavy atom. The number of sulfonamides is 1. The molecule has 5 nitrogen and oxygen atoms in total. The second-order valence-corrected chi connectivity index (χ2v) is 7.63. The van der Waals surface area contributed by atoms with E-state index >= 15 is 0 Å². The van der Waals surface area contributed by atoms with E-state index in [1.54, 1.807) is 36.4 Å². The number of likely N-dealkylation sites (N-methyl/N-ethyl adjacent to an activating group) is 1. The van der Waals surface area contributed by atoms with Crippen molar-refractivity contribution in [1.29, 1.82) is 0 Å². The van der Waals surface area contributed by atoms with E-state index in [1.807, 2.05) is 26.8 Å². The van der Waals surface area contributed by atoms with Crippen molar-refractivity contribution in [3.8, 4) is 0 Å². The van der Waals surface area contributed by atoms with Gasteiger partial charge in [-0.05, 0) is 56.2 Å². The molecule has 0 saturated carbocycles. The maximum Gasteiger partial charge on any atom is 0.264 e. The number of nitrogens with one attached hydrogen (secondary N) is 1. The van der Waals surface area contributed by atoms with E-state index in [4.69, 9.17) is 0 Å². The lowest BCUT2D eigenvalue weighted by Gasteiger charge is -2.24. The molecule has 1 N–H and O–H groups in total. The van der Waals surface area contributed by atoms with Crippen LogP contribution in [0.2, 0.25) is 0 Å². The van der Waals surface area contributed by atoms with Crippen molar-refractivity contribution in [3.05, 3.63) is 59.2 Å². The van der Waals surface area contributed by atoms with Crippen molar-refractivity contribution in [2.24, 2.45) is 0 Å². The third-order valence-corrected chi connectivity index (χ3v) is 5.74. The summed E-state index contributed by atoms with van der Waals surface area (Å²) in [5, 5.41) is 2.48. The quantitative estimate of drug-likeness (QED) is 0.905. The molecule has 0 heterocycles. The molecule has 0 radical (unpaired) electrons. The fourth-order valence-electron chi connectivity index (χ4n) is 2.24. The maximum atomic E-state index is 13.0. The standard InChI is InChI=1S/C18H22N2O3S/c1-13-5-9-17(10-6-13)24(22,23)20(12-18(21)19-4)16-8-7-14(2)15(3)11-16/h5-11H,12H2,1-4H3,(H,19,21). The van der Waals surface area contributed by atoms with E-state index < -0.39 is 10.0 Å². The van der Waals surface area contributed by atoms with Gasteiger partial charge in [-0.15, -0.1) is 0 Å². The predicted molar refractivity (Wildman–Crippen MR) is 95.7 cm³/mol. The van der Waals surface area contributed by atoms with Crippen molar-refractivity contribution in [2.45, 2.75) is 25.7 Å². The molecule has 0 fully saturated rings. The van der Waals surface area contributed by atoms with E-state index in [0.717, 1.165) is 21.0 Å². The highest BCUT2D eigenvalue weighted by Gasteiger charge is 2.27. The molecule has 2 aromatic carbocycles. The number of hydrogen-bond donors (Lipinski definition) is 1. The van der Waals surface area contributed by atoms with Crippen LogP contribution in [0.4, 0.5) is 5.69 Å². The largest absolute Gasteiger partial charge is 0.358 e. The summed E-state index contributed by atoms with van der Waals surface area (Å²) in [5.74, 6) is -0.371. The number of carbonyl (C=O) groups is 1. The average Bonchev–Trinajstić information content (AvgIpc) is 2.55. The monoisotopic (exact) mass is 346 g/mol. The van der Waals surface area contributed by atoms with Gasteiger partial charge in [-0.1, -0.05) is 23.8 Å². The number of hydrogen-bond acceptors (Lipinski definition) is 3. The van der Waals surface area contributed by atoms with Crippen LogP contribution in [0.1, 0.15) is 16.7 Å². The lowest BCUT2D eigenvalue weighted by atomic mass is 10.1. The molecule has 0 aliphatic rings. The van der Waals surface area contributed by atoms with Gasteiger partial charge in [0.05, 0.1) is 10.6 Å². The summed E-state index contributed by atoms with van der Waals surface area (Å²) < 4.78 is 27.2.